The van der Waals surface area contributed by atoms with Crippen molar-refractivity contribution in [2.45, 2.75) is 73.3 Å². The van der Waals surface area contributed by atoms with E-state index in [1.807, 2.05) is 43.5 Å². The molecule has 5 heterocycles. The number of benzene rings is 3. The second kappa shape index (κ2) is 13.2. The molecule has 0 N–H and O–H groups in total. The third-order valence-electron chi connectivity index (χ3n) is 9.20. The standard InChI is InChI=1S/C23H25N2.C20H17N2O.Ir/c1-22(2,3)15-18-14-17-12-9-13-19-20(17)25(23(18,4)5)21(24-19)16-10-7-6-8-11-16;1-12(2)14-9-10-21-18(11-14)17-6-4-5-15-16-8-7-13(3)22-20(16)23-19(15)17;/h6-10,12-14H,15H2,1-5H3;4-5,7-12H,1-3H3;/q2*-1;. The summed E-state index contributed by atoms with van der Waals surface area (Å²) in [6.07, 6.45) is 5.29. The number of para-hydroxylation sites is 1. The van der Waals surface area contributed by atoms with Crippen molar-refractivity contribution in [1.29, 1.82) is 0 Å². The largest absolute Gasteiger partial charge is 0.486 e. The number of hydrogen-bond acceptors (Lipinski definition) is 4. The summed E-state index contributed by atoms with van der Waals surface area (Å²) in [6, 6.07) is 33.4. The molecule has 7 aromatic rings. The van der Waals surface area contributed by atoms with Crippen molar-refractivity contribution < 1.29 is 24.5 Å². The van der Waals surface area contributed by atoms with Crippen molar-refractivity contribution in [3.8, 4) is 22.6 Å². The van der Waals surface area contributed by atoms with Gasteiger partial charge in [-0.15, -0.1) is 54.1 Å². The molecule has 5 nitrogen and oxygen atoms in total. The molecule has 3 aromatic carbocycles. The Morgan fingerprint density at radius 2 is 1.71 bits per heavy atom. The molecule has 1 aliphatic rings. The number of aromatic nitrogens is 4. The summed E-state index contributed by atoms with van der Waals surface area (Å²) in [5.41, 5.74) is 11.6. The molecular formula is C43H42IrN4O-2. The molecule has 1 radical (unpaired) electrons. The van der Waals surface area contributed by atoms with Gasteiger partial charge in [0.25, 0.3) is 0 Å². The van der Waals surface area contributed by atoms with Gasteiger partial charge >= 0.3 is 0 Å². The van der Waals surface area contributed by atoms with Crippen molar-refractivity contribution >= 4 is 39.2 Å². The molecule has 0 bridgehead atoms. The molecule has 4 aromatic heterocycles. The van der Waals surface area contributed by atoms with Gasteiger partial charge in [0.2, 0.25) is 5.71 Å². The quantitative estimate of drug-likeness (QED) is 0.166. The number of rotatable bonds is 4. The molecule has 0 fully saturated rings. The van der Waals surface area contributed by atoms with Gasteiger partial charge in [-0.2, -0.15) is 0 Å². The van der Waals surface area contributed by atoms with Crippen LogP contribution in [-0.4, -0.2) is 19.5 Å². The van der Waals surface area contributed by atoms with E-state index in [0.717, 1.165) is 56.6 Å². The van der Waals surface area contributed by atoms with Crippen LogP contribution in [0.3, 0.4) is 0 Å². The molecule has 251 valence electrons. The third kappa shape index (κ3) is 6.52. The molecule has 0 unspecified atom stereocenters. The van der Waals surface area contributed by atoms with Gasteiger partial charge < -0.3 is 14.0 Å². The fraction of sp³-hybridized carbons (Fsp3) is 0.279. The van der Waals surface area contributed by atoms with Gasteiger partial charge in [0, 0.05) is 37.4 Å². The van der Waals surface area contributed by atoms with E-state index in [1.165, 1.54) is 22.2 Å². The van der Waals surface area contributed by atoms with Crippen molar-refractivity contribution in [1.82, 2.24) is 19.5 Å². The third-order valence-corrected chi connectivity index (χ3v) is 9.20. The van der Waals surface area contributed by atoms with Crippen LogP contribution < -0.4 is 0 Å². The summed E-state index contributed by atoms with van der Waals surface area (Å²) in [4.78, 5) is 14.0. The predicted molar refractivity (Wildman–Crippen MR) is 198 cm³/mol. The van der Waals surface area contributed by atoms with Gasteiger partial charge in [0.05, 0.1) is 28.0 Å². The Hall–Kier alpha value is -4.38. The maximum Gasteiger partial charge on any atom is 0.216 e. The van der Waals surface area contributed by atoms with Crippen molar-refractivity contribution in [3.05, 3.63) is 120 Å². The van der Waals surface area contributed by atoms with Crippen LogP contribution in [0.2, 0.25) is 0 Å². The second-order valence-electron chi connectivity index (χ2n) is 14.9. The maximum absolute atomic E-state index is 6.04. The summed E-state index contributed by atoms with van der Waals surface area (Å²) in [5, 5.41) is 2.08. The first-order valence-corrected chi connectivity index (χ1v) is 16.8. The molecule has 0 saturated heterocycles. The summed E-state index contributed by atoms with van der Waals surface area (Å²) in [7, 11) is 0. The topological polar surface area (TPSA) is 56.7 Å². The Bertz CT molecular complexity index is 2320. The zero-order chi connectivity index (χ0) is 33.8. The predicted octanol–water partition coefficient (Wildman–Crippen LogP) is 11.3. The van der Waals surface area contributed by atoms with Crippen LogP contribution in [0.25, 0.3) is 61.8 Å². The Morgan fingerprint density at radius 1 is 0.898 bits per heavy atom. The van der Waals surface area contributed by atoms with Gasteiger partial charge in [-0.3, -0.25) is 4.98 Å². The number of allylic oxidation sites excluding steroid dienone is 1. The van der Waals surface area contributed by atoms with Crippen LogP contribution in [0.1, 0.15) is 77.6 Å². The second-order valence-corrected chi connectivity index (χ2v) is 14.9. The van der Waals surface area contributed by atoms with Crippen LogP contribution in [0.5, 0.6) is 0 Å². The molecule has 0 aliphatic carbocycles. The van der Waals surface area contributed by atoms with E-state index < -0.39 is 0 Å². The van der Waals surface area contributed by atoms with Crippen molar-refractivity contribution in [3.63, 3.8) is 0 Å². The maximum atomic E-state index is 6.04. The number of pyridine rings is 2. The minimum Gasteiger partial charge on any atom is -0.486 e. The molecule has 0 saturated carbocycles. The minimum atomic E-state index is -0.116. The van der Waals surface area contributed by atoms with Gasteiger partial charge in [-0.05, 0) is 79.6 Å². The first kappa shape index (κ1) is 34.5. The van der Waals surface area contributed by atoms with Crippen LogP contribution in [0, 0.1) is 24.5 Å². The molecule has 0 spiro atoms. The SMILES string of the molecule is CC(C)(C)CC1=Cc2cccc3nc(-c4[c-]cccc4)n(c23)C1(C)C.Cc1ccc2c(n1)oc1c(-c3cc(C(C)C)ccn3)[c-]ccc12.[Ir]. The number of aryl methyl sites for hydroxylation is 1. The number of nitrogens with zero attached hydrogens (tertiary/aromatic N) is 4. The van der Waals surface area contributed by atoms with Crippen LogP contribution in [0.15, 0.2) is 95.0 Å². The number of furan rings is 1. The Morgan fingerprint density at radius 3 is 2.45 bits per heavy atom. The summed E-state index contributed by atoms with van der Waals surface area (Å²) < 4.78 is 8.46. The normalized spacial score (nSPS) is 13.7. The fourth-order valence-electron chi connectivity index (χ4n) is 6.72. The zero-order valence-electron chi connectivity index (χ0n) is 29.5. The van der Waals surface area contributed by atoms with E-state index in [2.05, 4.69) is 130 Å². The number of imidazole rings is 1. The van der Waals surface area contributed by atoms with E-state index in [4.69, 9.17) is 9.40 Å². The van der Waals surface area contributed by atoms with E-state index in [0.29, 0.717) is 11.6 Å². The minimum absolute atomic E-state index is 0. The monoisotopic (exact) mass is 823 g/mol. The Kier molecular flexibility index (Phi) is 9.25. The summed E-state index contributed by atoms with van der Waals surface area (Å²) >= 11 is 0. The Labute approximate surface area is 302 Å². The van der Waals surface area contributed by atoms with Gasteiger partial charge in [0.1, 0.15) is 0 Å². The first-order chi connectivity index (χ1) is 22.9. The van der Waals surface area contributed by atoms with Crippen LogP contribution >= 0.6 is 0 Å². The number of fused-ring (bicyclic) bond motifs is 3. The van der Waals surface area contributed by atoms with E-state index in [1.54, 1.807) is 0 Å². The molecule has 1 aliphatic heterocycles. The summed E-state index contributed by atoms with van der Waals surface area (Å²) in [6.45, 7) is 17.9. The van der Waals surface area contributed by atoms with Gasteiger partial charge in [-0.25, -0.2) is 4.98 Å². The molecule has 49 heavy (non-hydrogen) atoms. The molecule has 0 amide bonds. The average molecular weight is 823 g/mol. The van der Waals surface area contributed by atoms with E-state index in [-0.39, 0.29) is 31.1 Å². The molecule has 6 heteroatoms. The Balaban J connectivity index is 0.000000167. The van der Waals surface area contributed by atoms with E-state index >= 15 is 0 Å². The van der Waals surface area contributed by atoms with E-state index in [9.17, 15) is 0 Å². The molecule has 0 atom stereocenters. The van der Waals surface area contributed by atoms with Gasteiger partial charge in [-0.1, -0.05) is 75.4 Å². The van der Waals surface area contributed by atoms with Crippen LogP contribution in [0.4, 0.5) is 0 Å². The average Bonchev–Trinajstić information content (AvgIpc) is 3.64. The summed E-state index contributed by atoms with van der Waals surface area (Å²) in [5.74, 6) is 1.46. The molecule has 8 rings (SSSR count). The molecular weight excluding hydrogens is 781 g/mol. The van der Waals surface area contributed by atoms with Crippen molar-refractivity contribution in [2.24, 2.45) is 5.41 Å². The van der Waals surface area contributed by atoms with Crippen molar-refractivity contribution in [2.75, 3.05) is 0 Å². The zero-order valence-corrected chi connectivity index (χ0v) is 31.9. The fourth-order valence-corrected chi connectivity index (χ4v) is 6.72. The first-order valence-electron chi connectivity index (χ1n) is 16.8. The van der Waals surface area contributed by atoms with Crippen LogP contribution in [-0.2, 0) is 25.6 Å². The smallest absolute Gasteiger partial charge is 0.216 e. The number of hydrogen-bond donors (Lipinski definition) is 0. The van der Waals surface area contributed by atoms with Gasteiger partial charge in [0.15, 0.2) is 0 Å².